The fraction of sp³-hybridized carbons (Fsp3) is 0.674. The van der Waals surface area contributed by atoms with Crippen LogP contribution in [0.3, 0.4) is 0 Å². The van der Waals surface area contributed by atoms with Gasteiger partial charge >= 0.3 is 5.97 Å². The topological polar surface area (TPSA) is 221 Å². The molecule has 6 N–H and O–H groups in total. The fourth-order valence-corrected chi connectivity index (χ4v) is 7.22. The summed E-state index contributed by atoms with van der Waals surface area (Å²) >= 11 is 0. The molecule has 328 valence electrons. The summed E-state index contributed by atoms with van der Waals surface area (Å²) in [5, 5.41) is 16.5. The van der Waals surface area contributed by atoms with Crippen molar-refractivity contribution in [1.82, 2.24) is 36.8 Å². The molecule has 8 atom stereocenters. The molecule has 1 aromatic rings. The van der Waals surface area contributed by atoms with E-state index in [1.807, 2.05) is 13.8 Å². The minimum Gasteiger partial charge on any atom is -0.458 e. The maximum atomic E-state index is 14.6. The molecule has 0 bridgehead atoms. The van der Waals surface area contributed by atoms with Gasteiger partial charge in [0.1, 0.15) is 48.4 Å². The van der Waals surface area contributed by atoms with Gasteiger partial charge in [-0.3, -0.25) is 33.6 Å². The molecule has 0 radical (unpaired) electrons. The van der Waals surface area contributed by atoms with E-state index >= 15 is 0 Å². The highest BCUT2D eigenvalue weighted by atomic mass is 16.5. The molecular weight excluding hydrogens is 759 g/mol. The molecule has 0 aromatic heterocycles. The average Bonchev–Trinajstić information content (AvgIpc) is 3.64. The van der Waals surface area contributed by atoms with Gasteiger partial charge < -0.3 is 41.5 Å². The number of ether oxygens (including phenoxy) is 1. The molecule has 0 spiro atoms. The first kappa shape index (κ1) is 48.3. The van der Waals surface area contributed by atoms with Crippen LogP contribution in [0.15, 0.2) is 30.3 Å². The second-order valence-electron chi connectivity index (χ2n) is 17.6. The van der Waals surface area contributed by atoms with E-state index in [1.54, 1.807) is 85.7 Å². The normalized spacial score (nSPS) is 26.0. The monoisotopic (exact) mass is 826 g/mol. The first-order valence-corrected chi connectivity index (χ1v) is 21.0. The van der Waals surface area contributed by atoms with Gasteiger partial charge in [-0.15, -0.1) is 0 Å². The van der Waals surface area contributed by atoms with Crippen molar-refractivity contribution in [3.63, 3.8) is 0 Å². The largest absolute Gasteiger partial charge is 0.458 e. The van der Waals surface area contributed by atoms with Crippen molar-refractivity contribution in [2.75, 3.05) is 6.54 Å². The van der Waals surface area contributed by atoms with Crippen LogP contribution in [0.4, 0.5) is 0 Å². The molecular formula is C43H67N7O9. The van der Waals surface area contributed by atoms with E-state index in [-0.39, 0.29) is 31.2 Å². The standard InChI is InChI=1S/C43H67N7O9/c1-22(2)20-31(51)45-32(23(3)4)38(53)49-36-27(11)59-43(58)35(26(9)10)48-40(55)34(25(7)8)47-39(54)33(24(5)6)46-37(52)30-18-15-19-50(30)42(57)29(44-41(36)56)21-28-16-13-12-14-17-28/h12-14,16-17,22-27,29-30,32-36H,15,18-21H2,1-11H3,(H,44,56)(H,45,51)(H,46,52)(H,47,54)(H,48,55)(H,49,53). The maximum absolute atomic E-state index is 14.6. The lowest BCUT2D eigenvalue weighted by molar-refractivity contribution is -0.157. The van der Waals surface area contributed by atoms with Crippen molar-refractivity contribution in [1.29, 1.82) is 0 Å². The Bertz CT molecular complexity index is 1670. The number of benzene rings is 1. The number of hydrogen-bond acceptors (Lipinski definition) is 9. The summed E-state index contributed by atoms with van der Waals surface area (Å²) in [5.41, 5.74) is 0.698. The summed E-state index contributed by atoms with van der Waals surface area (Å²) in [4.78, 5) is 113. The number of carbonyl (C=O) groups is 8. The molecule has 3 rings (SSSR count). The smallest absolute Gasteiger partial charge is 0.329 e. The zero-order valence-corrected chi connectivity index (χ0v) is 36.5. The third kappa shape index (κ3) is 13.5. The van der Waals surface area contributed by atoms with Crippen molar-refractivity contribution in [3.8, 4) is 0 Å². The van der Waals surface area contributed by atoms with Gasteiger partial charge in [0, 0.05) is 19.4 Å². The van der Waals surface area contributed by atoms with Crippen molar-refractivity contribution in [2.24, 2.45) is 29.6 Å². The second kappa shape index (κ2) is 21.8. The van der Waals surface area contributed by atoms with Gasteiger partial charge in [0.2, 0.25) is 41.4 Å². The third-order valence-corrected chi connectivity index (χ3v) is 10.7. The summed E-state index contributed by atoms with van der Waals surface area (Å²) in [6.45, 7) is 19.1. The lowest BCUT2D eigenvalue weighted by Crippen LogP contribution is -2.62. The Hall–Kier alpha value is -5.02. The van der Waals surface area contributed by atoms with E-state index in [2.05, 4.69) is 31.9 Å². The zero-order chi connectivity index (χ0) is 44.3. The highest BCUT2D eigenvalue weighted by molar-refractivity contribution is 5.98. The van der Waals surface area contributed by atoms with Crippen LogP contribution in [0.25, 0.3) is 0 Å². The summed E-state index contributed by atoms with van der Waals surface area (Å²) in [7, 11) is 0. The molecule has 1 aromatic carbocycles. The molecule has 0 saturated carbocycles. The van der Waals surface area contributed by atoms with Crippen LogP contribution in [-0.4, -0.2) is 107 Å². The van der Waals surface area contributed by atoms with E-state index in [0.717, 1.165) is 0 Å². The van der Waals surface area contributed by atoms with Crippen LogP contribution < -0.4 is 31.9 Å². The van der Waals surface area contributed by atoms with E-state index in [9.17, 15) is 38.4 Å². The first-order chi connectivity index (χ1) is 27.6. The van der Waals surface area contributed by atoms with E-state index in [0.29, 0.717) is 18.4 Å². The van der Waals surface area contributed by atoms with Gasteiger partial charge in [-0.1, -0.05) is 99.6 Å². The number of rotatable bonds is 11. The SMILES string of the molecule is CC(C)CC(=O)NC(C(=O)NC1C(=O)NC(Cc2ccccc2)C(=O)N2CCCC2C(=O)NC(C(C)C)C(=O)NC(C(C)C)C(=O)NC(C(C)C)C(=O)OC1C)C(C)C. The van der Waals surface area contributed by atoms with E-state index in [4.69, 9.17) is 4.74 Å². The summed E-state index contributed by atoms with van der Waals surface area (Å²) in [6, 6.07) is 0.646. The molecule has 8 unspecified atom stereocenters. The Morgan fingerprint density at radius 3 is 1.81 bits per heavy atom. The summed E-state index contributed by atoms with van der Waals surface area (Å²) in [6.07, 6.45) is -0.411. The number of hydrogen-bond donors (Lipinski definition) is 6. The number of nitrogens with zero attached hydrogens (tertiary/aromatic N) is 1. The predicted octanol–water partition coefficient (Wildman–Crippen LogP) is 1.74. The zero-order valence-electron chi connectivity index (χ0n) is 36.5. The molecule has 2 aliphatic rings. The highest BCUT2D eigenvalue weighted by Crippen LogP contribution is 2.22. The van der Waals surface area contributed by atoms with Gasteiger partial charge in [0.05, 0.1) is 0 Å². The molecule has 16 heteroatoms. The lowest BCUT2D eigenvalue weighted by atomic mass is 9.98. The maximum Gasteiger partial charge on any atom is 0.329 e. The summed E-state index contributed by atoms with van der Waals surface area (Å²) in [5.74, 6) is -7.02. The van der Waals surface area contributed by atoms with Gasteiger partial charge in [-0.2, -0.15) is 0 Å². The van der Waals surface area contributed by atoms with Crippen LogP contribution in [0.1, 0.15) is 101 Å². The number of carbonyl (C=O) groups excluding carboxylic acids is 8. The van der Waals surface area contributed by atoms with Gasteiger partial charge in [-0.05, 0) is 54.9 Å². The minimum absolute atomic E-state index is 0.0139. The molecule has 2 aliphatic heterocycles. The molecule has 16 nitrogen and oxygen atoms in total. The van der Waals surface area contributed by atoms with Crippen LogP contribution >= 0.6 is 0 Å². The Kier molecular flexibility index (Phi) is 17.9. The van der Waals surface area contributed by atoms with Crippen LogP contribution in [0.5, 0.6) is 0 Å². The number of fused-ring (bicyclic) bond motifs is 1. The van der Waals surface area contributed by atoms with E-state index < -0.39 is 113 Å². The van der Waals surface area contributed by atoms with Crippen LogP contribution in [0, 0.1) is 29.6 Å². The van der Waals surface area contributed by atoms with Gasteiger partial charge in [0.25, 0.3) is 0 Å². The molecule has 7 amide bonds. The third-order valence-electron chi connectivity index (χ3n) is 10.7. The molecule has 2 saturated heterocycles. The fourth-order valence-electron chi connectivity index (χ4n) is 7.22. The lowest BCUT2D eigenvalue weighted by Gasteiger charge is -2.32. The Labute approximate surface area is 348 Å². The number of esters is 1. The number of nitrogens with one attached hydrogen (secondary N) is 6. The molecule has 59 heavy (non-hydrogen) atoms. The first-order valence-electron chi connectivity index (χ1n) is 21.0. The van der Waals surface area contributed by atoms with Gasteiger partial charge in [-0.25, -0.2) is 4.79 Å². The second-order valence-corrected chi connectivity index (χ2v) is 17.6. The number of amides is 7. The predicted molar refractivity (Wildman–Crippen MR) is 221 cm³/mol. The Morgan fingerprint density at radius 1 is 0.746 bits per heavy atom. The Morgan fingerprint density at radius 2 is 1.29 bits per heavy atom. The highest BCUT2D eigenvalue weighted by Gasteiger charge is 2.43. The molecule has 2 heterocycles. The van der Waals surface area contributed by atoms with Crippen molar-refractivity contribution in [3.05, 3.63) is 35.9 Å². The average molecular weight is 826 g/mol. The van der Waals surface area contributed by atoms with Crippen molar-refractivity contribution >= 4 is 47.3 Å². The van der Waals surface area contributed by atoms with Crippen LogP contribution in [-0.2, 0) is 49.5 Å². The number of cyclic esters (lactones) is 1. The quantitative estimate of drug-likeness (QED) is 0.179. The molecule has 0 aliphatic carbocycles. The van der Waals surface area contributed by atoms with Crippen LogP contribution in [0.2, 0.25) is 0 Å². The van der Waals surface area contributed by atoms with Crippen molar-refractivity contribution in [2.45, 2.75) is 150 Å². The Balaban J connectivity index is 2.17. The summed E-state index contributed by atoms with van der Waals surface area (Å²) < 4.78 is 5.87. The van der Waals surface area contributed by atoms with E-state index in [1.165, 1.54) is 11.8 Å². The van der Waals surface area contributed by atoms with Gasteiger partial charge in [0.15, 0.2) is 0 Å². The minimum atomic E-state index is -1.58. The molecule has 2 fully saturated rings. The van der Waals surface area contributed by atoms with Crippen molar-refractivity contribution < 1.29 is 43.1 Å².